The van der Waals surface area contributed by atoms with Gasteiger partial charge in [0.15, 0.2) is 0 Å². The third-order valence-corrected chi connectivity index (χ3v) is 2.07. The molecule has 2 nitrogen and oxygen atoms in total. The lowest BCUT2D eigenvalue weighted by Crippen LogP contribution is -2.02. The molecule has 2 unspecified atom stereocenters. The van der Waals surface area contributed by atoms with E-state index < -0.39 is 0 Å². The largest absolute Gasteiger partial charge is 0.393 e. The van der Waals surface area contributed by atoms with Crippen molar-refractivity contribution in [2.75, 3.05) is 0 Å². The van der Waals surface area contributed by atoms with E-state index in [1.807, 2.05) is 13.8 Å². The molecular formula is C12H28O2. The number of rotatable bonds is 6. The first-order valence-corrected chi connectivity index (χ1v) is 5.94. The maximum Gasteiger partial charge on any atom is 0.0537 e. The molecule has 0 fully saturated rings. The fraction of sp³-hybridized carbons (Fsp3) is 1.00. The van der Waals surface area contributed by atoms with E-state index in [4.69, 9.17) is 10.2 Å². The van der Waals surface area contributed by atoms with Crippen molar-refractivity contribution in [3.8, 4) is 0 Å². The van der Waals surface area contributed by atoms with E-state index in [2.05, 4.69) is 13.8 Å². The molecule has 0 spiro atoms. The van der Waals surface area contributed by atoms with Crippen molar-refractivity contribution in [1.82, 2.24) is 0 Å². The summed E-state index contributed by atoms with van der Waals surface area (Å²) in [6.07, 6.45) is 6.10. The lowest BCUT2D eigenvalue weighted by molar-refractivity contribution is 0.157. The molecule has 0 amide bonds. The van der Waals surface area contributed by atoms with E-state index in [0.29, 0.717) is 0 Å². The highest BCUT2D eigenvalue weighted by molar-refractivity contribution is 4.50. The molecule has 88 valence electrons. The van der Waals surface area contributed by atoms with Crippen LogP contribution >= 0.6 is 0 Å². The van der Waals surface area contributed by atoms with Crippen LogP contribution in [0, 0.1) is 0 Å². The topological polar surface area (TPSA) is 40.5 Å². The maximum absolute atomic E-state index is 8.99. The van der Waals surface area contributed by atoms with Gasteiger partial charge in [-0.15, -0.1) is 0 Å². The molecule has 2 N–H and O–H groups in total. The van der Waals surface area contributed by atoms with E-state index in [1.54, 1.807) is 0 Å². The van der Waals surface area contributed by atoms with Crippen molar-refractivity contribution in [3.05, 3.63) is 0 Å². The first-order valence-electron chi connectivity index (χ1n) is 5.94. The van der Waals surface area contributed by atoms with Gasteiger partial charge in [-0.2, -0.15) is 0 Å². The Morgan fingerprint density at radius 2 is 1.50 bits per heavy atom. The third-order valence-electron chi connectivity index (χ3n) is 2.07. The number of aliphatic hydroxyl groups excluding tert-OH is 2. The van der Waals surface area contributed by atoms with Gasteiger partial charge < -0.3 is 10.2 Å². The Kier molecular flexibility index (Phi) is 15.1. The number of unbranched alkanes of at least 4 members (excludes halogenated alkanes) is 1. The van der Waals surface area contributed by atoms with Crippen LogP contribution in [0.25, 0.3) is 0 Å². The van der Waals surface area contributed by atoms with Crippen LogP contribution in [0.3, 0.4) is 0 Å². The second kappa shape index (κ2) is 12.9. The standard InChI is InChI=1S/C7H16O.C5H12O/c1-3-5-6-7(8)4-2;1-3-4-5(2)6/h7-8H,3-6H2,1-2H3;5-6H,3-4H2,1-2H3. The van der Waals surface area contributed by atoms with Crippen LogP contribution in [0.1, 0.15) is 66.2 Å². The van der Waals surface area contributed by atoms with Gasteiger partial charge in [0.05, 0.1) is 12.2 Å². The first-order chi connectivity index (χ1) is 6.58. The van der Waals surface area contributed by atoms with Crippen molar-refractivity contribution in [3.63, 3.8) is 0 Å². The fourth-order valence-corrected chi connectivity index (χ4v) is 1.06. The lowest BCUT2D eigenvalue weighted by Gasteiger charge is -2.03. The van der Waals surface area contributed by atoms with Gasteiger partial charge in [0.2, 0.25) is 0 Å². The van der Waals surface area contributed by atoms with Crippen LogP contribution in [0.5, 0.6) is 0 Å². The molecule has 0 saturated heterocycles. The minimum atomic E-state index is -0.102. The third kappa shape index (κ3) is 17.9. The van der Waals surface area contributed by atoms with Crippen molar-refractivity contribution < 1.29 is 10.2 Å². The molecule has 0 heterocycles. The second-order valence-electron chi connectivity index (χ2n) is 3.84. The summed E-state index contributed by atoms with van der Waals surface area (Å²) in [4.78, 5) is 0. The molecule has 0 rings (SSSR count). The minimum absolute atomic E-state index is 0.0463. The molecule has 0 aliphatic carbocycles. The molecule has 0 radical (unpaired) electrons. The number of hydrogen-bond donors (Lipinski definition) is 2. The molecule has 0 aromatic carbocycles. The summed E-state index contributed by atoms with van der Waals surface area (Å²) in [6, 6.07) is 0. The molecule has 14 heavy (non-hydrogen) atoms. The first kappa shape index (κ1) is 16.4. The van der Waals surface area contributed by atoms with Gasteiger partial charge in [0, 0.05) is 0 Å². The summed E-state index contributed by atoms with van der Waals surface area (Å²) in [7, 11) is 0. The summed E-state index contributed by atoms with van der Waals surface area (Å²) in [5.74, 6) is 0. The summed E-state index contributed by atoms with van der Waals surface area (Å²) >= 11 is 0. The Morgan fingerprint density at radius 1 is 0.929 bits per heavy atom. The predicted octanol–water partition coefficient (Wildman–Crippen LogP) is 3.11. The molecule has 2 heteroatoms. The van der Waals surface area contributed by atoms with Crippen LogP contribution in [0.15, 0.2) is 0 Å². The highest BCUT2D eigenvalue weighted by Crippen LogP contribution is 2.02. The second-order valence-corrected chi connectivity index (χ2v) is 3.84. The Balaban J connectivity index is 0. The van der Waals surface area contributed by atoms with Gasteiger partial charge in [-0.25, -0.2) is 0 Å². The van der Waals surface area contributed by atoms with E-state index >= 15 is 0 Å². The van der Waals surface area contributed by atoms with E-state index in [9.17, 15) is 0 Å². The summed E-state index contributed by atoms with van der Waals surface area (Å²) in [6.45, 7) is 8.03. The Labute approximate surface area is 89.3 Å². The van der Waals surface area contributed by atoms with E-state index in [0.717, 1.165) is 32.1 Å². The van der Waals surface area contributed by atoms with Crippen LogP contribution in [-0.4, -0.2) is 22.4 Å². The smallest absolute Gasteiger partial charge is 0.0537 e. The van der Waals surface area contributed by atoms with Gasteiger partial charge in [0.1, 0.15) is 0 Å². The van der Waals surface area contributed by atoms with Gasteiger partial charge in [0.25, 0.3) is 0 Å². The van der Waals surface area contributed by atoms with E-state index in [1.165, 1.54) is 6.42 Å². The Morgan fingerprint density at radius 3 is 1.71 bits per heavy atom. The van der Waals surface area contributed by atoms with Crippen molar-refractivity contribution in [1.29, 1.82) is 0 Å². The number of hydrogen-bond acceptors (Lipinski definition) is 2. The van der Waals surface area contributed by atoms with Crippen LogP contribution in [-0.2, 0) is 0 Å². The van der Waals surface area contributed by atoms with E-state index in [-0.39, 0.29) is 12.2 Å². The number of aliphatic hydroxyl groups is 2. The maximum atomic E-state index is 8.99. The van der Waals surface area contributed by atoms with Crippen LogP contribution < -0.4 is 0 Å². The molecule has 0 aliphatic rings. The predicted molar refractivity (Wildman–Crippen MR) is 62.4 cm³/mol. The zero-order valence-electron chi connectivity index (χ0n) is 10.3. The van der Waals surface area contributed by atoms with Gasteiger partial charge in [-0.3, -0.25) is 0 Å². The average Bonchev–Trinajstić information content (AvgIpc) is 2.15. The normalized spacial score (nSPS) is 14.1. The van der Waals surface area contributed by atoms with Gasteiger partial charge in [-0.1, -0.05) is 40.0 Å². The molecule has 0 saturated carbocycles. The zero-order chi connectivity index (χ0) is 11.4. The Hall–Kier alpha value is -0.0800. The molecule has 0 bridgehead atoms. The monoisotopic (exact) mass is 204 g/mol. The molecule has 0 aromatic rings. The molecular weight excluding hydrogens is 176 g/mol. The highest BCUT2D eigenvalue weighted by atomic mass is 16.3. The summed E-state index contributed by atoms with van der Waals surface area (Å²) in [5, 5.41) is 17.5. The van der Waals surface area contributed by atoms with Gasteiger partial charge >= 0.3 is 0 Å². The highest BCUT2D eigenvalue weighted by Gasteiger charge is 1.96. The molecule has 0 aliphatic heterocycles. The quantitative estimate of drug-likeness (QED) is 0.698. The average molecular weight is 204 g/mol. The fourth-order valence-electron chi connectivity index (χ4n) is 1.06. The molecule has 2 atom stereocenters. The van der Waals surface area contributed by atoms with Crippen LogP contribution in [0.2, 0.25) is 0 Å². The van der Waals surface area contributed by atoms with Crippen molar-refractivity contribution >= 4 is 0 Å². The molecule has 0 aromatic heterocycles. The summed E-state index contributed by atoms with van der Waals surface area (Å²) < 4.78 is 0. The summed E-state index contributed by atoms with van der Waals surface area (Å²) in [5.41, 5.74) is 0. The minimum Gasteiger partial charge on any atom is -0.393 e. The Bertz CT molecular complexity index is 92.3. The van der Waals surface area contributed by atoms with Gasteiger partial charge in [-0.05, 0) is 26.2 Å². The van der Waals surface area contributed by atoms with Crippen molar-refractivity contribution in [2.24, 2.45) is 0 Å². The SMILES string of the molecule is CCCC(C)O.CCCCC(O)CC. The van der Waals surface area contributed by atoms with Crippen LogP contribution in [0.4, 0.5) is 0 Å². The zero-order valence-corrected chi connectivity index (χ0v) is 10.3. The van der Waals surface area contributed by atoms with Crippen molar-refractivity contribution in [2.45, 2.75) is 78.4 Å². The lowest BCUT2D eigenvalue weighted by atomic mass is 10.1.